The molecule has 0 atom stereocenters. The van der Waals surface area contributed by atoms with Crippen LogP contribution in [0.1, 0.15) is 18.4 Å². The Hall–Kier alpha value is -0.580. The van der Waals surface area contributed by atoms with Crippen LogP contribution in [-0.2, 0) is 6.54 Å². The van der Waals surface area contributed by atoms with Crippen LogP contribution in [0.4, 0.5) is 0 Å². The van der Waals surface area contributed by atoms with E-state index in [2.05, 4.69) is 45.3 Å². The van der Waals surface area contributed by atoms with Crippen LogP contribution < -0.4 is 10.1 Å². The Morgan fingerprint density at radius 1 is 1.37 bits per heavy atom. The van der Waals surface area contributed by atoms with E-state index < -0.39 is 0 Å². The minimum Gasteiger partial charge on any atom is -0.497 e. The van der Waals surface area contributed by atoms with Crippen molar-refractivity contribution in [2.45, 2.75) is 19.4 Å². The van der Waals surface area contributed by atoms with E-state index in [1.54, 1.807) is 7.11 Å². The molecule has 0 aliphatic carbocycles. The lowest BCUT2D eigenvalue weighted by atomic mass is 9.97. The third-order valence-corrected chi connectivity index (χ3v) is 4.50. The average molecular weight is 327 g/mol. The molecule has 0 spiro atoms. The predicted octanol–water partition coefficient (Wildman–Crippen LogP) is 2.89. The first-order valence-corrected chi connectivity index (χ1v) is 7.70. The molecule has 19 heavy (non-hydrogen) atoms. The molecule has 1 fully saturated rings. The van der Waals surface area contributed by atoms with Gasteiger partial charge in [-0.25, -0.2) is 0 Å². The summed E-state index contributed by atoms with van der Waals surface area (Å²) in [5.74, 6) is 1.75. The van der Waals surface area contributed by atoms with Gasteiger partial charge < -0.3 is 15.0 Å². The zero-order chi connectivity index (χ0) is 13.7. The second kappa shape index (κ2) is 7.27. The summed E-state index contributed by atoms with van der Waals surface area (Å²) >= 11 is 3.62. The quantitative estimate of drug-likeness (QED) is 0.900. The number of hydrogen-bond donors (Lipinski definition) is 1. The molecule has 0 bridgehead atoms. The number of piperidine rings is 1. The fraction of sp³-hybridized carbons (Fsp3) is 0.600. The van der Waals surface area contributed by atoms with Crippen molar-refractivity contribution in [1.82, 2.24) is 10.2 Å². The van der Waals surface area contributed by atoms with Crippen molar-refractivity contribution in [3.8, 4) is 5.75 Å². The Labute approximate surface area is 124 Å². The molecule has 0 saturated carbocycles. The topological polar surface area (TPSA) is 24.5 Å². The molecule has 0 radical (unpaired) electrons. The second-order valence-corrected chi connectivity index (χ2v) is 6.20. The minimum absolute atomic E-state index is 0.829. The van der Waals surface area contributed by atoms with Crippen molar-refractivity contribution in [2.24, 2.45) is 5.92 Å². The van der Waals surface area contributed by atoms with Crippen LogP contribution in [0.5, 0.6) is 5.75 Å². The van der Waals surface area contributed by atoms with Gasteiger partial charge in [-0.15, -0.1) is 0 Å². The Bertz CT molecular complexity index is 405. The second-order valence-electron chi connectivity index (χ2n) is 5.35. The summed E-state index contributed by atoms with van der Waals surface area (Å²) in [5.41, 5.74) is 1.29. The van der Waals surface area contributed by atoms with Gasteiger partial charge in [0.2, 0.25) is 0 Å². The van der Waals surface area contributed by atoms with Gasteiger partial charge in [0.25, 0.3) is 0 Å². The molecular weight excluding hydrogens is 304 g/mol. The van der Waals surface area contributed by atoms with Gasteiger partial charge in [-0.05, 0) is 62.7 Å². The SMILES string of the molecule is COc1ccc(Br)c(CN(C)CC2CCNCC2)c1. The number of rotatable bonds is 5. The van der Waals surface area contributed by atoms with Crippen molar-refractivity contribution in [3.63, 3.8) is 0 Å². The number of halogens is 1. The zero-order valence-corrected chi connectivity index (χ0v) is 13.4. The molecule has 1 saturated heterocycles. The maximum absolute atomic E-state index is 5.29. The first-order valence-electron chi connectivity index (χ1n) is 6.90. The summed E-state index contributed by atoms with van der Waals surface area (Å²) in [7, 11) is 3.92. The van der Waals surface area contributed by atoms with E-state index in [0.717, 1.165) is 22.7 Å². The largest absolute Gasteiger partial charge is 0.497 e. The zero-order valence-electron chi connectivity index (χ0n) is 11.8. The van der Waals surface area contributed by atoms with Crippen molar-refractivity contribution < 1.29 is 4.74 Å². The van der Waals surface area contributed by atoms with Crippen molar-refractivity contribution in [3.05, 3.63) is 28.2 Å². The number of nitrogens with zero attached hydrogens (tertiary/aromatic N) is 1. The molecule has 1 aromatic rings. The van der Waals surface area contributed by atoms with Gasteiger partial charge in [-0.3, -0.25) is 0 Å². The molecule has 1 N–H and O–H groups in total. The lowest BCUT2D eigenvalue weighted by molar-refractivity contribution is 0.234. The van der Waals surface area contributed by atoms with Crippen LogP contribution in [-0.4, -0.2) is 38.7 Å². The number of benzene rings is 1. The molecule has 1 aliphatic rings. The standard InChI is InChI=1S/C15H23BrN2O/c1-18(10-12-5-7-17-8-6-12)11-13-9-14(19-2)3-4-15(13)16/h3-4,9,12,17H,5-8,10-11H2,1-2H3. The van der Waals surface area contributed by atoms with E-state index in [-0.39, 0.29) is 0 Å². The van der Waals surface area contributed by atoms with E-state index in [1.807, 2.05) is 6.07 Å². The monoisotopic (exact) mass is 326 g/mol. The Balaban J connectivity index is 1.92. The Kier molecular flexibility index (Phi) is 5.67. The van der Waals surface area contributed by atoms with Gasteiger partial charge in [0, 0.05) is 17.6 Å². The summed E-state index contributed by atoms with van der Waals surface area (Å²) in [6.45, 7) is 4.47. The molecule has 1 aliphatic heterocycles. The third-order valence-electron chi connectivity index (χ3n) is 3.72. The highest BCUT2D eigenvalue weighted by Crippen LogP contribution is 2.24. The molecule has 0 aromatic heterocycles. The molecule has 2 rings (SSSR count). The van der Waals surface area contributed by atoms with Crippen LogP contribution in [0.3, 0.4) is 0 Å². The lowest BCUT2D eigenvalue weighted by Crippen LogP contribution is -2.34. The predicted molar refractivity (Wildman–Crippen MR) is 82.6 cm³/mol. The van der Waals surface area contributed by atoms with Crippen LogP contribution in [0.2, 0.25) is 0 Å². The molecule has 0 unspecified atom stereocenters. The summed E-state index contributed by atoms with van der Waals surface area (Å²) < 4.78 is 6.45. The number of nitrogens with one attached hydrogen (secondary N) is 1. The van der Waals surface area contributed by atoms with Crippen LogP contribution >= 0.6 is 15.9 Å². The third kappa shape index (κ3) is 4.48. The average Bonchev–Trinajstić information content (AvgIpc) is 2.42. The summed E-state index contributed by atoms with van der Waals surface area (Å²) in [4.78, 5) is 2.41. The molecule has 106 valence electrons. The Morgan fingerprint density at radius 3 is 2.79 bits per heavy atom. The number of ether oxygens (including phenoxy) is 1. The van der Waals surface area contributed by atoms with Crippen LogP contribution in [0.15, 0.2) is 22.7 Å². The van der Waals surface area contributed by atoms with Crippen LogP contribution in [0.25, 0.3) is 0 Å². The van der Waals surface area contributed by atoms with Gasteiger partial charge in [0.1, 0.15) is 5.75 Å². The van der Waals surface area contributed by atoms with Gasteiger partial charge in [0.15, 0.2) is 0 Å². The van der Waals surface area contributed by atoms with E-state index in [1.165, 1.54) is 38.0 Å². The van der Waals surface area contributed by atoms with Gasteiger partial charge in [0.05, 0.1) is 7.11 Å². The molecule has 4 heteroatoms. The minimum atomic E-state index is 0.829. The highest BCUT2D eigenvalue weighted by Gasteiger charge is 2.15. The fourth-order valence-electron chi connectivity index (χ4n) is 2.66. The van der Waals surface area contributed by atoms with Gasteiger partial charge >= 0.3 is 0 Å². The maximum atomic E-state index is 5.29. The Morgan fingerprint density at radius 2 is 2.11 bits per heavy atom. The van der Waals surface area contributed by atoms with Crippen LogP contribution in [0, 0.1) is 5.92 Å². The van der Waals surface area contributed by atoms with E-state index in [9.17, 15) is 0 Å². The van der Waals surface area contributed by atoms with Crippen molar-refractivity contribution >= 4 is 15.9 Å². The van der Waals surface area contributed by atoms with Crippen molar-refractivity contribution in [2.75, 3.05) is 33.8 Å². The maximum Gasteiger partial charge on any atom is 0.119 e. The van der Waals surface area contributed by atoms with Gasteiger partial charge in [-0.2, -0.15) is 0 Å². The molecule has 3 nitrogen and oxygen atoms in total. The van der Waals surface area contributed by atoms with E-state index in [0.29, 0.717) is 0 Å². The first-order chi connectivity index (χ1) is 9.19. The molecule has 1 heterocycles. The highest BCUT2D eigenvalue weighted by molar-refractivity contribution is 9.10. The summed E-state index contributed by atoms with van der Waals surface area (Å²) in [6.07, 6.45) is 2.59. The highest BCUT2D eigenvalue weighted by atomic mass is 79.9. The number of methoxy groups -OCH3 is 1. The molecule has 0 amide bonds. The summed E-state index contributed by atoms with van der Waals surface area (Å²) in [6, 6.07) is 6.16. The summed E-state index contributed by atoms with van der Waals surface area (Å²) in [5, 5.41) is 3.42. The lowest BCUT2D eigenvalue weighted by Gasteiger charge is -2.27. The van der Waals surface area contributed by atoms with Crippen molar-refractivity contribution in [1.29, 1.82) is 0 Å². The van der Waals surface area contributed by atoms with Gasteiger partial charge in [-0.1, -0.05) is 15.9 Å². The molecular formula is C15H23BrN2O. The van der Waals surface area contributed by atoms with E-state index in [4.69, 9.17) is 4.74 Å². The molecule has 1 aromatic carbocycles. The smallest absolute Gasteiger partial charge is 0.119 e. The fourth-order valence-corrected chi connectivity index (χ4v) is 3.03. The first kappa shape index (κ1) is 14.8. The van der Waals surface area contributed by atoms with E-state index >= 15 is 0 Å². The normalized spacial score (nSPS) is 16.8. The number of hydrogen-bond acceptors (Lipinski definition) is 3.